The van der Waals surface area contributed by atoms with Gasteiger partial charge in [-0.05, 0) is 6.92 Å². The maximum Gasteiger partial charge on any atom is 0.323 e. The van der Waals surface area contributed by atoms with Gasteiger partial charge in [0.1, 0.15) is 17.9 Å². The van der Waals surface area contributed by atoms with Crippen LogP contribution >= 0.6 is 0 Å². The summed E-state index contributed by atoms with van der Waals surface area (Å²) in [7, 11) is 0. The fraction of sp³-hybridized carbons (Fsp3) is 0.429. The number of aryl methyl sites for hydroxylation is 1. The first-order valence-electron chi connectivity index (χ1n) is 3.61. The molecule has 13 heavy (non-hydrogen) atoms. The number of aliphatic hydroxyl groups excluding tert-OH is 1. The Kier molecular flexibility index (Phi) is 2.64. The minimum Gasteiger partial charge on any atom is -0.480 e. The van der Waals surface area contributed by atoms with Crippen LogP contribution in [0.4, 0.5) is 0 Å². The van der Waals surface area contributed by atoms with Crippen LogP contribution in [-0.2, 0) is 4.79 Å². The number of carboxylic acids is 1. The van der Waals surface area contributed by atoms with E-state index in [0.717, 1.165) is 0 Å². The first kappa shape index (κ1) is 9.69. The van der Waals surface area contributed by atoms with Crippen LogP contribution in [0.5, 0.6) is 0 Å². The van der Waals surface area contributed by atoms with Crippen LogP contribution in [0, 0.1) is 6.92 Å². The number of rotatable bonds is 3. The number of nitrogens with zero attached hydrogens (tertiary/aromatic N) is 1. The van der Waals surface area contributed by atoms with Gasteiger partial charge in [0.15, 0.2) is 0 Å². The number of carboxylic acid groups (broad SMARTS) is 1. The van der Waals surface area contributed by atoms with Crippen molar-refractivity contribution >= 4 is 5.97 Å². The van der Waals surface area contributed by atoms with Gasteiger partial charge in [-0.2, -0.15) is 0 Å². The Balaban J connectivity index is 2.85. The molecule has 4 N–H and O–H groups in total. The van der Waals surface area contributed by atoms with Gasteiger partial charge in [-0.1, -0.05) is 5.16 Å². The summed E-state index contributed by atoms with van der Waals surface area (Å²) in [4.78, 5) is 10.4. The lowest BCUT2D eigenvalue weighted by Crippen LogP contribution is -2.36. The molecule has 6 heteroatoms. The van der Waals surface area contributed by atoms with E-state index in [0.29, 0.717) is 11.3 Å². The molecule has 0 fully saturated rings. The number of hydrogen-bond donors (Lipinski definition) is 3. The molecule has 0 aliphatic heterocycles. The van der Waals surface area contributed by atoms with E-state index < -0.39 is 18.1 Å². The van der Waals surface area contributed by atoms with E-state index in [4.69, 9.17) is 10.8 Å². The van der Waals surface area contributed by atoms with Gasteiger partial charge >= 0.3 is 5.97 Å². The third kappa shape index (κ3) is 1.85. The average molecular weight is 186 g/mol. The predicted molar refractivity (Wildman–Crippen MR) is 41.8 cm³/mol. The molecule has 0 aliphatic carbocycles. The summed E-state index contributed by atoms with van der Waals surface area (Å²) in [6.07, 6.45) is -0.0354. The van der Waals surface area contributed by atoms with E-state index in [2.05, 4.69) is 9.68 Å². The summed E-state index contributed by atoms with van der Waals surface area (Å²) >= 11 is 0. The predicted octanol–water partition coefficient (Wildman–Crippen LogP) is -0.572. The Bertz CT molecular complexity index is 309. The van der Waals surface area contributed by atoms with Crippen LogP contribution in [0.2, 0.25) is 0 Å². The molecular weight excluding hydrogens is 176 g/mol. The van der Waals surface area contributed by atoms with Gasteiger partial charge in [-0.3, -0.25) is 4.79 Å². The Hall–Kier alpha value is -1.40. The van der Waals surface area contributed by atoms with Crippen molar-refractivity contribution in [2.45, 2.75) is 19.1 Å². The minimum atomic E-state index is -1.36. The Labute approximate surface area is 73.9 Å². The van der Waals surface area contributed by atoms with E-state index in [1.54, 1.807) is 6.92 Å². The van der Waals surface area contributed by atoms with Crippen molar-refractivity contribution in [2.24, 2.45) is 5.73 Å². The summed E-state index contributed by atoms with van der Waals surface area (Å²) < 4.78 is 4.66. The van der Waals surface area contributed by atoms with Crippen LogP contribution < -0.4 is 5.73 Å². The molecule has 6 nitrogen and oxygen atoms in total. The normalized spacial score (nSPS) is 15.3. The molecule has 0 radical (unpaired) electrons. The fourth-order valence-electron chi connectivity index (χ4n) is 0.919. The smallest absolute Gasteiger partial charge is 0.323 e. The summed E-state index contributed by atoms with van der Waals surface area (Å²) in [5.74, 6) is -0.905. The second-order valence-electron chi connectivity index (χ2n) is 2.65. The van der Waals surface area contributed by atoms with E-state index in [1.807, 2.05) is 0 Å². The monoisotopic (exact) mass is 186 g/mol. The van der Waals surface area contributed by atoms with Gasteiger partial charge in [-0.15, -0.1) is 0 Å². The van der Waals surface area contributed by atoms with Crippen LogP contribution in [-0.4, -0.2) is 27.4 Å². The zero-order valence-corrected chi connectivity index (χ0v) is 6.97. The van der Waals surface area contributed by atoms with E-state index in [-0.39, 0.29) is 0 Å². The molecule has 1 heterocycles. The highest BCUT2D eigenvalue weighted by molar-refractivity contribution is 5.74. The van der Waals surface area contributed by atoms with Crippen molar-refractivity contribution in [1.29, 1.82) is 0 Å². The van der Waals surface area contributed by atoms with Gasteiger partial charge in [-0.25, -0.2) is 0 Å². The number of nitrogens with two attached hydrogens (primary N) is 1. The van der Waals surface area contributed by atoms with Gasteiger partial charge in [0.25, 0.3) is 0 Å². The number of hydrogen-bond acceptors (Lipinski definition) is 5. The lowest BCUT2D eigenvalue weighted by atomic mass is 10.0. The zero-order valence-electron chi connectivity index (χ0n) is 6.97. The van der Waals surface area contributed by atoms with Gasteiger partial charge in [0.2, 0.25) is 0 Å². The van der Waals surface area contributed by atoms with Crippen molar-refractivity contribution in [1.82, 2.24) is 5.16 Å². The highest BCUT2D eigenvalue weighted by Crippen LogP contribution is 2.18. The summed E-state index contributed by atoms with van der Waals surface area (Å²) in [5, 5.41) is 21.3. The highest BCUT2D eigenvalue weighted by Gasteiger charge is 2.26. The molecule has 0 saturated heterocycles. The maximum atomic E-state index is 10.4. The molecule has 1 rings (SSSR count). The van der Waals surface area contributed by atoms with Crippen molar-refractivity contribution in [3.05, 3.63) is 17.5 Å². The highest BCUT2D eigenvalue weighted by atomic mass is 16.5. The lowest BCUT2D eigenvalue weighted by molar-refractivity contribution is -0.141. The molecule has 0 aromatic carbocycles. The first-order valence-corrected chi connectivity index (χ1v) is 3.61. The zero-order chi connectivity index (χ0) is 10.0. The van der Waals surface area contributed by atoms with Gasteiger partial charge in [0, 0.05) is 5.56 Å². The molecule has 0 amide bonds. The maximum absolute atomic E-state index is 10.4. The van der Waals surface area contributed by atoms with Crippen LogP contribution in [0.25, 0.3) is 0 Å². The lowest BCUT2D eigenvalue weighted by Gasteiger charge is -2.12. The second kappa shape index (κ2) is 3.55. The fourth-order valence-corrected chi connectivity index (χ4v) is 0.919. The van der Waals surface area contributed by atoms with Gasteiger partial charge < -0.3 is 20.5 Å². The van der Waals surface area contributed by atoms with Crippen molar-refractivity contribution in [3.8, 4) is 0 Å². The van der Waals surface area contributed by atoms with Crippen LogP contribution in [0.1, 0.15) is 17.4 Å². The van der Waals surface area contributed by atoms with Crippen molar-refractivity contribution in [3.63, 3.8) is 0 Å². The Morgan fingerprint density at radius 3 is 2.77 bits per heavy atom. The van der Waals surface area contributed by atoms with Crippen molar-refractivity contribution < 1.29 is 19.5 Å². The number of aliphatic carboxylic acids is 1. The van der Waals surface area contributed by atoms with Gasteiger partial charge in [0.05, 0.1) is 6.20 Å². The Morgan fingerprint density at radius 2 is 2.38 bits per heavy atom. The molecule has 0 saturated carbocycles. The number of carbonyl (C=O) groups is 1. The standard InChI is InChI=1S/C7H10N2O4/c1-3-4(2-9-13-3)6(10)5(8)7(11)12/h2,5-6,10H,8H2,1H3,(H,11,12). The van der Waals surface area contributed by atoms with Crippen LogP contribution in [0.15, 0.2) is 10.7 Å². The summed E-state index contributed by atoms with van der Waals surface area (Å²) in [6, 6.07) is -1.36. The number of aromatic nitrogens is 1. The van der Waals surface area contributed by atoms with Crippen LogP contribution in [0.3, 0.4) is 0 Å². The Morgan fingerprint density at radius 1 is 1.77 bits per heavy atom. The largest absolute Gasteiger partial charge is 0.480 e. The molecule has 2 atom stereocenters. The topological polar surface area (TPSA) is 110 Å². The molecule has 72 valence electrons. The molecule has 0 spiro atoms. The summed E-state index contributed by atoms with van der Waals surface area (Å²) in [6.45, 7) is 1.57. The molecule has 1 aromatic rings. The SMILES string of the molecule is Cc1oncc1C(O)C(N)C(=O)O. The summed E-state index contributed by atoms with van der Waals surface area (Å²) in [5.41, 5.74) is 5.50. The first-order chi connectivity index (χ1) is 6.04. The molecule has 1 aromatic heterocycles. The number of aliphatic hydroxyl groups is 1. The molecule has 2 unspecified atom stereocenters. The van der Waals surface area contributed by atoms with E-state index in [1.165, 1.54) is 6.20 Å². The molecular formula is C7H10N2O4. The average Bonchev–Trinajstić information content (AvgIpc) is 2.48. The minimum absolute atomic E-state index is 0.301. The molecule has 0 aliphatic rings. The van der Waals surface area contributed by atoms with E-state index >= 15 is 0 Å². The quantitative estimate of drug-likeness (QED) is 0.583. The third-order valence-electron chi connectivity index (χ3n) is 1.73. The third-order valence-corrected chi connectivity index (χ3v) is 1.73. The molecule has 0 bridgehead atoms. The van der Waals surface area contributed by atoms with Crippen molar-refractivity contribution in [2.75, 3.05) is 0 Å². The van der Waals surface area contributed by atoms with E-state index in [9.17, 15) is 9.90 Å². The second-order valence-corrected chi connectivity index (χ2v) is 2.65.